The van der Waals surface area contributed by atoms with E-state index in [-0.39, 0.29) is 34.2 Å². The third-order valence-corrected chi connectivity index (χ3v) is 9.54. The summed E-state index contributed by atoms with van der Waals surface area (Å²) in [4.78, 5) is 14.2. The second-order valence-electron chi connectivity index (χ2n) is 13.2. The van der Waals surface area contributed by atoms with Gasteiger partial charge in [0.2, 0.25) is 23.8 Å². The van der Waals surface area contributed by atoms with E-state index >= 15 is 0 Å². The van der Waals surface area contributed by atoms with E-state index in [1.54, 1.807) is 0 Å². The number of ether oxygens (including phenoxy) is 7. The standard InChI is InChI=1S/C34H42O20/c1-10-20(37)24(41)27(44)32(49-10)48-9-18-22(39)26(43)29(46)34(53-18)54-31-23(40)19-15(36)7-13(51-33-28(45)25(42)21(38)11(2)50-33)8-17(19)52-30(31)12-4-5-14(35)16(6-12)47-3/h4-8,10-11,18,20-22,24-29,32-39,41-46H,9H2,1-3H3/t10-,11-,18+,20-,21-,22-,24+,25+,26-,27+,28+,29+,32+,33-,34-/m0/s1. The second-order valence-corrected chi connectivity index (χ2v) is 13.2. The number of hydrogen-bond acceptors (Lipinski definition) is 20. The summed E-state index contributed by atoms with van der Waals surface area (Å²) in [5, 5.41) is 114. The third kappa shape index (κ3) is 7.41. The Morgan fingerprint density at radius 3 is 1.85 bits per heavy atom. The monoisotopic (exact) mass is 770 g/mol. The first-order valence-corrected chi connectivity index (χ1v) is 16.8. The van der Waals surface area contributed by atoms with E-state index in [1.807, 2.05) is 0 Å². The lowest BCUT2D eigenvalue weighted by Crippen LogP contribution is -2.61. The largest absolute Gasteiger partial charge is 0.507 e. The van der Waals surface area contributed by atoms with Crippen LogP contribution in [0.4, 0.5) is 0 Å². The Labute approximate surface area is 305 Å². The molecule has 2 aromatic carbocycles. The molecule has 3 saturated heterocycles. The van der Waals surface area contributed by atoms with Gasteiger partial charge in [0.25, 0.3) is 0 Å². The van der Waals surface area contributed by atoms with E-state index in [2.05, 4.69) is 0 Å². The van der Waals surface area contributed by atoms with Crippen molar-refractivity contribution in [1.82, 2.24) is 0 Å². The van der Waals surface area contributed by atoms with Crippen LogP contribution in [0.15, 0.2) is 39.5 Å². The molecule has 0 amide bonds. The summed E-state index contributed by atoms with van der Waals surface area (Å²) < 4.78 is 44.8. The van der Waals surface area contributed by atoms with Crippen molar-refractivity contribution in [3.63, 3.8) is 0 Å². The predicted molar refractivity (Wildman–Crippen MR) is 176 cm³/mol. The number of phenols is 2. The number of phenolic OH excluding ortho intramolecular Hbond substituents is 2. The summed E-state index contributed by atoms with van der Waals surface area (Å²) in [7, 11) is 1.26. The molecule has 20 nitrogen and oxygen atoms in total. The average molecular weight is 771 g/mol. The lowest BCUT2D eigenvalue weighted by atomic mass is 9.98. The van der Waals surface area contributed by atoms with E-state index in [9.17, 15) is 61.0 Å². The molecule has 0 saturated carbocycles. The first-order valence-electron chi connectivity index (χ1n) is 16.8. The van der Waals surface area contributed by atoms with E-state index < -0.39 is 121 Å². The zero-order valence-electron chi connectivity index (χ0n) is 28.8. The van der Waals surface area contributed by atoms with Crippen LogP contribution in [0.2, 0.25) is 0 Å². The molecule has 3 aliphatic rings. The summed E-state index contributed by atoms with van der Waals surface area (Å²) in [6.07, 6.45) is -23.7. The fraction of sp³-hybridized carbons (Fsp3) is 0.559. The minimum Gasteiger partial charge on any atom is -0.507 e. The summed E-state index contributed by atoms with van der Waals surface area (Å²) >= 11 is 0. The highest BCUT2D eigenvalue weighted by Gasteiger charge is 2.48. The molecule has 3 fully saturated rings. The van der Waals surface area contributed by atoms with Gasteiger partial charge in [-0.2, -0.15) is 0 Å². The van der Waals surface area contributed by atoms with Gasteiger partial charge in [-0.25, -0.2) is 0 Å². The Kier molecular flexibility index (Phi) is 11.6. The van der Waals surface area contributed by atoms with E-state index in [0.717, 1.165) is 12.1 Å². The molecule has 0 spiro atoms. The van der Waals surface area contributed by atoms with Crippen LogP contribution in [0, 0.1) is 0 Å². The van der Waals surface area contributed by atoms with Crippen molar-refractivity contribution in [2.45, 2.75) is 106 Å². The first kappa shape index (κ1) is 39.8. The maximum Gasteiger partial charge on any atom is 0.239 e. The number of fused-ring (bicyclic) bond motifs is 1. The first-order chi connectivity index (χ1) is 25.5. The van der Waals surface area contributed by atoms with Gasteiger partial charge in [0.05, 0.1) is 25.9 Å². The Balaban J connectivity index is 1.35. The third-order valence-electron chi connectivity index (χ3n) is 9.54. The van der Waals surface area contributed by atoms with E-state index in [1.165, 1.54) is 39.2 Å². The average Bonchev–Trinajstić information content (AvgIpc) is 3.14. The second kappa shape index (κ2) is 15.7. The molecule has 4 heterocycles. The maximum absolute atomic E-state index is 14.2. The Morgan fingerprint density at radius 1 is 0.648 bits per heavy atom. The molecule has 15 atom stereocenters. The quantitative estimate of drug-likeness (QED) is 0.104. The van der Waals surface area contributed by atoms with Crippen molar-refractivity contribution in [3.8, 4) is 40.1 Å². The van der Waals surface area contributed by atoms with Crippen molar-refractivity contribution in [2.75, 3.05) is 13.7 Å². The smallest absolute Gasteiger partial charge is 0.239 e. The van der Waals surface area contributed by atoms with Gasteiger partial charge in [-0.15, -0.1) is 0 Å². The lowest BCUT2D eigenvalue weighted by Gasteiger charge is -2.42. The van der Waals surface area contributed by atoms with Crippen LogP contribution in [0.3, 0.4) is 0 Å². The van der Waals surface area contributed by atoms with Crippen molar-refractivity contribution in [2.24, 2.45) is 0 Å². The van der Waals surface area contributed by atoms with Gasteiger partial charge in [0, 0.05) is 17.7 Å². The van der Waals surface area contributed by atoms with Crippen LogP contribution in [0.1, 0.15) is 13.8 Å². The van der Waals surface area contributed by atoms with Crippen LogP contribution >= 0.6 is 0 Å². The molecule has 0 unspecified atom stereocenters. The number of methoxy groups -OCH3 is 1. The van der Waals surface area contributed by atoms with Crippen LogP contribution < -0.4 is 19.6 Å². The normalized spacial score (nSPS) is 37.2. The molecule has 20 heteroatoms. The lowest BCUT2D eigenvalue weighted by molar-refractivity contribution is -0.318. The Hall–Kier alpha value is -3.87. The maximum atomic E-state index is 14.2. The molecule has 0 bridgehead atoms. The van der Waals surface area contributed by atoms with Gasteiger partial charge < -0.3 is 93.7 Å². The van der Waals surface area contributed by atoms with Crippen molar-refractivity contribution < 1.29 is 93.7 Å². The number of aliphatic hydroxyl groups is 9. The molecule has 1 aromatic heterocycles. The van der Waals surface area contributed by atoms with Crippen molar-refractivity contribution >= 4 is 11.0 Å². The minimum atomic E-state index is -2.01. The summed E-state index contributed by atoms with van der Waals surface area (Å²) in [5.74, 6) is -2.37. The Bertz CT molecular complexity index is 1850. The van der Waals surface area contributed by atoms with Crippen LogP contribution in [-0.4, -0.2) is 162 Å². The highest BCUT2D eigenvalue weighted by molar-refractivity contribution is 5.88. The van der Waals surface area contributed by atoms with Gasteiger partial charge >= 0.3 is 0 Å². The SMILES string of the molecule is COc1cc(-c2oc3cc(O[C@@H]4O[C@@H](C)[C@H](O)[C@@H](O)[C@H]4O)cc(O)c3c(=O)c2O[C@@H]2O[C@H](CO[C@@H]3O[C@@H](C)[C@H](O)[C@@H](O)[C@H]3O)[C@H](O)[C@H](O)[C@H]2O)ccc1O. The number of hydrogen-bond donors (Lipinski definition) is 11. The molecule has 11 N–H and O–H groups in total. The molecule has 6 rings (SSSR count). The number of aliphatic hydroxyl groups excluding tert-OH is 9. The van der Waals surface area contributed by atoms with Gasteiger partial charge in [-0.05, 0) is 32.0 Å². The predicted octanol–water partition coefficient (Wildman–Crippen LogP) is -2.88. The summed E-state index contributed by atoms with van der Waals surface area (Å²) in [6.45, 7) is 2.22. The van der Waals surface area contributed by atoms with Gasteiger partial charge in [-0.1, -0.05) is 0 Å². The number of benzene rings is 2. The fourth-order valence-corrected chi connectivity index (χ4v) is 6.30. The molecule has 298 valence electrons. The summed E-state index contributed by atoms with van der Waals surface area (Å²) in [6, 6.07) is 5.91. The zero-order chi connectivity index (χ0) is 39.3. The van der Waals surface area contributed by atoms with Crippen molar-refractivity contribution in [1.29, 1.82) is 0 Å². The highest BCUT2D eigenvalue weighted by Crippen LogP contribution is 2.40. The molecular formula is C34H42O20. The van der Waals surface area contributed by atoms with Crippen LogP contribution in [0.5, 0.6) is 28.7 Å². The Morgan fingerprint density at radius 2 is 1.22 bits per heavy atom. The minimum absolute atomic E-state index is 0.0468. The molecule has 3 aromatic rings. The number of rotatable bonds is 9. The molecule has 3 aliphatic heterocycles. The molecular weight excluding hydrogens is 728 g/mol. The van der Waals surface area contributed by atoms with Crippen molar-refractivity contribution in [3.05, 3.63) is 40.6 Å². The highest BCUT2D eigenvalue weighted by atomic mass is 16.7. The molecule has 0 aliphatic carbocycles. The van der Waals surface area contributed by atoms with Gasteiger partial charge in [0.1, 0.15) is 83.5 Å². The van der Waals surface area contributed by atoms with E-state index in [0.29, 0.717) is 0 Å². The zero-order valence-corrected chi connectivity index (χ0v) is 28.8. The molecule has 0 radical (unpaired) electrons. The van der Waals surface area contributed by atoms with Crippen LogP contribution in [-0.2, 0) is 18.9 Å². The molecule has 54 heavy (non-hydrogen) atoms. The van der Waals surface area contributed by atoms with E-state index in [4.69, 9.17) is 37.6 Å². The number of aromatic hydroxyl groups is 2. The fourth-order valence-electron chi connectivity index (χ4n) is 6.30. The van der Waals surface area contributed by atoms with Gasteiger partial charge in [0.15, 0.2) is 23.5 Å². The topological polar surface area (TPSA) is 317 Å². The van der Waals surface area contributed by atoms with Gasteiger partial charge in [-0.3, -0.25) is 4.79 Å². The summed E-state index contributed by atoms with van der Waals surface area (Å²) in [5.41, 5.74) is -1.32. The van der Waals surface area contributed by atoms with Crippen LogP contribution in [0.25, 0.3) is 22.3 Å².